The first-order chi connectivity index (χ1) is 9.81. The van der Waals surface area contributed by atoms with Crippen LogP contribution in [0.5, 0.6) is 10.9 Å². The van der Waals surface area contributed by atoms with Crippen LogP contribution < -0.4 is 10.5 Å². The van der Waals surface area contributed by atoms with Crippen LogP contribution in [0.4, 0.5) is 5.69 Å². The Balaban J connectivity index is 1.72. The summed E-state index contributed by atoms with van der Waals surface area (Å²) in [6, 6.07) is 7.45. The highest BCUT2D eigenvalue weighted by Gasteiger charge is 2.28. The number of anilines is 1. The molecule has 0 spiro atoms. The number of hydrogen-bond acceptors (Lipinski definition) is 6. The molecule has 1 aliphatic carbocycles. The quantitative estimate of drug-likeness (QED) is 0.747. The zero-order chi connectivity index (χ0) is 13.5. The number of hydrogen-bond donors (Lipinski definition) is 1. The summed E-state index contributed by atoms with van der Waals surface area (Å²) in [7, 11) is 0. The van der Waals surface area contributed by atoms with E-state index >= 15 is 0 Å². The normalized spacial score (nSPS) is 14.6. The van der Waals surface area contributed by atoms with Crippen molar-refractivity contribution in [3.05, 3.63) is 36.3 Å². The van der Waals surface area contributed by atoms with E-state index in [0.29, 0.717) is 22.5 Å². The van der Waals surface area contributed by atoms with E-state index in [1.165, 1.54) is 24.4 Å². The van der Waals surface area contributed by atoms with Crippen molar-refractivity contribution in [2.75, 3.05) is 5.73 Å². The van der Waals surface area contributed by atoms with Crippen molar-refractivity contribution in [1.29, 1.82) is 0 Å². The predicted molar refractivity (Wildman–Crippen MR) is 78.1 cm³/mol. The molecule has 100 valence electrons. The zero-order valence-electron chi connectivity index (χ0n) is 10.6. The van der Waals surface area contributed by atoms with E-state index in [0.717, 1.165) is 16.7 Å². The smallest absolute Gasteiger partial charge is 0.298 e. The molecular weight excluding hydrogens is 272 g/mol. The summed E-state index contributed by atoms with van der Waals surface area (Å²) in [5.74, 6) is 2.15. The van der Waals surface area contributed by atoms with E-state index in [4.69, 9.17) is 10.5 Å². The second-order valence-electron chi connectivity index (χ2n) is 4.85. The van der Waals surface area contributed by atoms with E-state index in [1.807, 2.05) is 18.2 Å². The van der Waals surface area contributed by atoms with Gasteiger partial charge in [0.15, 0.2) is 0 Å². The highest BCUT2D eigenvalue weighted by molar-refractivity contribution is 7.07. The highest BCUT2D eigenvalue weighted by Crippen LogP contribution is 2.40. The molecule has 2 aromatic heterocycles. The molecule has 1 fully saturated rings. The van der Waals surface area contributed by atoms with Gasteiger partial charge in [0.25, 0.3) is 5.19 Å². The Hall–Kier alpha value is -2.21. The third kappa shape index (κ3) is 1.98. The average molecular weight is 284 g/mol. The van der Waals surface area contributed by atoms with Gasteiger partial charge in [-0.25, -0.2) is 0 Å². The number of nitrogens with zero attached hydrogens (tertiary/aromatic N) is 3. The van der Waals surface area contributed by atoms with Gasteiger partial charge in [0.2, 0.25) is 0 Å². The lowest BCUT2D eigenvalue weighted by molar-refractivity contribution is 0.482. The predicted octanol–water partition coefficient (Wildman–Crippen LogP) is 3.34. The van der Waals surface area contributed by atoms with Crippen LogP contribution in [0.1, 0.15) is 24.6 Å². The molecule has 0 atom stereocenters. The number of nitrogens with two attached hydrogens (primary N) is 1. The summed E-state index contributed by atoms with van der Waals surface area (Å²) in [6.07, 6.45) is 4.09. The van der Waals surface area contributed by atoms with Gasteiger partial charge in [0.1, 0.15) is 11.6 Å². The summed E-state index contributed by atoms with van der Waals surface area (Å²) in [4.78, 5) is 8.72. The fourth-order valence-corrected chi connectivity index (χ4v) is 2.74. The Labute approximate surface area is 119 Å². The lowest BCUT2D eigenvalue weighted by Gasteiger charge is -2.07. The number of nitrogen functional groups attached to an aromatic ring is 1. The molecule has 0 unspecified atom stereocenters. The van der Waals surface area contributed by atoms with Gasteiger partial charge in [0, 0.05) is 29.0 Å². The van der Waals surface area contributed by atoms with Crippen LogP contribution in [0, 0.1) is 0 Å². The molecule has 6 heteroatoms. The largest absolute Gasteiger partial charge is 0.429 e. The van der Waals surface area contributed by atoms with Crippen LogP contribution in [0.3, 0.4) is 0 Å². The zero-order valence-corrected chi connectivity index (χ0v) is 11.4. The van der Waals surface area contributed by atoms with Crippen molar-refractivity contribution < 1.29 is 4.74 Å². The summed E-state index contributed by atoms with van der Waals surface area (Å²) < 4.78 is 10.2. The summed E-state index contributed by atoms with van der Waals surface area (Å²) >= 11 is 1.29. The molecule has 0 aliphatic heterocycles. The third-order valence-electron chi connectivity index (χ3n) is 3.32. The van der Waals surface area contributed by atoms with E-state index < -0.39 is 0 Å². The monoisotopic (exact) mass is 284 g/mol. The molecule has 3 aromatic rings. The van der Waals surface area contributed by atoms with E-state index in [2.05, 4.69) is 14.3 Å². The molecule has 2 heterocycles. The van der Waals surface area contributed by atoms with Crippen LogP contribution in [-0.4, -0.2) is 14.3 Å². The maximum absolute atomic E-state index is 5.93. The average Bonchev–Trinajstić information content (AvgIpc) is 3.23. The lowest BCUT2D eigenvalue weighted by atomic mass is 10.2. The molecule has 1 saturated carbocycles. The van der Waals surface area contributed by atoms with Crippen LogP contribution in [0.2, 0.25) is 0 Å². The number of ether oxygens (including phenoxy) is 1. The number of aromatic nitrogens is 3. The fourth-order valence-electron chi connectivity index (χ4n) is 2.12. The Morgan fingerprint density at radius 1 is 1.25 bits per heavy atom. The molecule has 1 aliphatic rings. The Kier molecular flexibility index (Phi) is 2.56. The van der Waals surface area contributed by atoms with Gasteiger partial charge in [-0.2, -0.15) is 9.36 Å². The van der Waals surface area contributed by atoms with Crippen molar-refractivity contribution in [2.24, 2.45) is 0 Å². The van der Waals surface area contributed by atoms with Gasteiger partial charge in [-0.1, -0.05) is 0 Å². The Bertz CT molecular complexity index is 782. The summed E-state index contributed by atoms with van der Waals surface area (Å²) in [5.41, 5.74) is 7.32. The second-order valence-corrected chi connectivity index (χ2v) is 5.56. The Morgan fingerprint density at radius 2 is 2.15 bits per heavy atom. The van der Waals surface area contributed by atoms with Gasteiger partial charge >= 0.3 is 0 Å². The second kappa shape index (κ2) is 4.42. The van der Waals surface area contributed by atoms with Crippen LogP contribution >= 0.6 is 11.5 Å². The molecule has 2 N–H and O–H groups in total. The maximum Gasteiger partial charge on any atom is 0.298 e. The molecular formula is C14H12N4OS. The topological polar surface area (TPSA) is 73.9 Å². The first-order valence-corrected chi connectivity index (χ1v) is 7.23. The molecule has 0 radical (unpaired) electrons. The van der Waals surface area contributed by atoms with Gasteiger partial charge in [0.05, 0.1) is 11.2 Å². The van der Waals surface area contributed by atoms with Crippen LogP contribution in [0.25, 0.3) is 10.9 Å². The lowest BCUT2D eigenvalue weighted by Crippen LogP contribution is -1.92. The number of rotatable bonds is 3. The van der Waals surface area contributed by atoms with Crippen molar-refractivity contribution in [3.8, 4) is 10.9 Å². The van der Waals surface area contributed by atoms with Gasteiger partial charge < -0.3 is 10.5 Å². The number of fused-ring (bicyclic) bond motifs is 1. The van der Waals surface area contributed by atoms with Gasteiger partial charge in [-0.15, -0.1) is 0 Å². The van der Waals surface area contributed by atoms with Gasteiger partial charge in [-0.05, 0) is 37.1 Å². The standard InChI is InChI=1S/C14H12N4OS/c15-10-5-6-11(9-2-1-7-16-12(9)10)19-14-17-13(18-20-14)8-3-4-8/h1-2,5-8H,3-4,15H2. The SMILES string of the molecule is Nc1ccc(Oc2nc(C3CC3)ns2)c2cccnc12. The molecule has 1 aromatic carbocycles. The van der Waals surface area contributed by atoms with Crippen molar-refractivity contribution in [2.45, 2.75) is 18.8 Å². The molecule has 0 saturated heterocycles. The van der Waals surface area contributed by atoms with E-state index in [1.54, 1.807) is 12.3 Å². The third-order valence-corrected chi connectivity index (χ3v) is 3.93. The van der Waals surface area contributed by atoms with Gasteiger partial charge in [-0.3, -0.25) is 4.98 Å². The van der Waals surface area contributed by atoms with E-state index in [-0.39, 0.29) is 0 Å². The first kappa shape index (κ1) is 11.6. The summed E-state index contributed by atoms with van der Waals surface area (Å²) in [6.45, 7) is 0. The maximum atomic E-state index is 5.93. The molecule has 0 bridgehead atoms. The molecule has 5 nitrogen and oxygen atoms in total. The molecule has 20 heavy (non-hydrogen) atoms. The number of pyridine rings is 1. The molecule has 4 rings (SSSR count). The highest BCUT2D eigenvalue weighted by atomic mass is 32.1. The molecule has 0 amide bonds. The fraction of sp³-hybridized carbons (Fsp3) is 0.214. The van der Waals surface area contributed by atoms with Crippen molar-refractivity contribution in [1.82, 2.24) is 14.3 Å². The van der Waals surface area contributed by atoms with Crippen molar-refractivity contribution in [3.63, 3.8) is 0 Å². The Morgan fingerprint density at radius 3 is 3.00 bits per heavy atom. The first-order valence-electron chi connectivity index (χ1n) is 6.46. The minimum Gasteiger partial charge on any atom is -0.429 e. The minimum absolute atomic E-state index is 0.536. The van der Waals surface area contributed by atoms with E-state index in [9.17, 15) is 0 Å². The van der Waals surface area contributed by atoms with Crippen LogP contribution in [-0.2, 0) is 0 Å². The minimum atomic E-state index is 0.536. The van der Waals surface area contributed by atoms with Crippen molar-refractivity contribution >= 4 is 28.1 Å². The number of benzene rings is 1. The summed E-state index contributed by atoms with van der Waals surface area (Å²) in [5, 5.41) is 1.46. The van der Waals surface area contributed by atoms with Crippen LogP contribution in [0.15, 0.2) is 30.5 Å².